The fourth-order valence-electron chi connectivity index (χ4n) is 0.986. The van der Waals surface area contributed by atoms with Crippen LogP contribution in [0.15, 0.2) is 15.5 Å². The molecule has 3 N–H and O–H groups in total. The summed E-state index contributed by atoms with van der Waals surface area (Å²) in [6.07, 6.45) is 0.839. The van der Waals surface area contributed by atoms with Crippen LogP contribution < -0.4 is 10.9 Å². The van der Waals surface area contributed by atoms with Crippen molar-refractivity contribution in [1.82, 2.24) is 10.2 Å². The maximum Gasteiger partial charge on any atom is 0.280 e. The molecule has 0 amide bonds. The van der Waals surface area contributed by atoms with E-state index in [4.69, 9.17) is 4.74 Å². The van der Waals surface area contributed by atoms with Gasteiger partial charge in [-0.1, -0.05) is 0 Å². The van der Waals surface area contributed by atoms with Crippen molar-refractivity contribution in [3.8, 4) is 0 Å². The number of halogens is 1. The zero-order valence-corrected chi connectivity index (χ0v) is 9.74. The second-order valence-corrected chi connectivity index (χ2v) is 3.71. The largest absolute Gasteiger partial charge is 0.389 e. The van der Waals surface area contributed by atoms with E-state index >= 15 is 0 Å². The van der Waals surface area contributed by atoms with Crippen molar-refractivity contribution >= 4 is 21.6 Å². The molecule has 1 atom stereocenters. The summed E-state index contributed by atoms with van der Waals surface area (Å²) in [4.78, 5) is 11.1. The molecule has 1 unspecified atom stereocenters. The minimum atomic E-state index is -0.624. The Morgan fingerprint density at radius 3 is 3.20 bits per heavy atom. The SMILES string of the molecule is COCC(O)CNc1cn[nH]c(=O)c1Br. The Morgan fingerprint density at radius 2 is 2.53 bits per heavy atom. The molecule has 6 nitrogen and oxygen atoms in total. The van der Waals surface area contributed by atoms with Gasteiger partial charge in [0.1, 0.15) is 4.47 Å². The lowest BCUT2D eigenvalue weighted by atomic mass is 10.3. The summed E-state index contributed by atoms with van der Waals surface area (Å²) < 4.78 is 5.12. The van der Waals surface area contributed by atoms with Crippen LogP contribution in [-0.2, 0) is 4.74 Å². The maximum atomic E-state index is 11.1. The summed E-state index contributed by atoms with van der Waals surface area (Å²) in [5.74, 6) is 0. The highest BCUT2D eigenvalue weighted by Gasteiger charge is 2.07. The number of hydrogen-bond donors (Lipinski definition) is 3. The molecule has 1 aromatic rings. The summed E-state index contributed by atoms with van der Waals surface area (Å²) in [5.41, 5.74) is 0.218. The summed E-state index contributed by atoms with van der Waals surface area (Å²) in [5, 5.41) is 18.1. The van der Waals surface area contributed by atoms with E-state index in [1.54, 1.807) is 0 Å². The van der Waals surface area contributed by atoms with Crippen LogP contribution in [0.1, 0.15) is 0 Å². The molecule has 0 aromatic carbocycles. The molecule has 0 radical (unpaired) electrons. The molecule has 0 bridgehead atoms. The van der Waals surface area contributed by atoms with Crippen molar-refractivity contribution in [2.24, 2.45) is 0 Å². The Balaban J connectivity index is 2.58. The molecule has 7 heteroatoms. The molecular formula is C8H12BrN3O3. The average Bonchev–Trinajstić information content (AvgIpc) is 2.21. The van der Waals surface area contributed by atoms with Crippen molar-refractivity contribution < 1.29 is 9.84 Å². The first-order valence-corrected chi connectivity index (χ1v) is 5.08. The second-order valence-electron chi connectivity index (χ2n) is 2.92. The number of anilines is 1. The zero-order valence-electron chi connectivity index (χ0n) is 8.16. The number of nitrogens with one attached hydrogen (secondary N) is 2. The molecule has 0 aliphatic carbocycles. The zero-order chi connectivity index (χ0) is 11.3. The highest BCUT2D eigenvalue weighted by atomic mass is 79.9. The number of methoxy groups -OCH3 is 1. The number of aromatic amines is 1. The Labute approximate surface area is 94.8 Å². The van der Waals surface area contributed by atoms with Crippen LogP contribution in [0.4, 0.5) is 5.69 Å². The van der Waals surface area contributed by atoms with Gasteiger partial charge >= 0.3 is 0 Å². The van der Waals surface area contributed by atoms with Gasteiger partial charge in [-0.15, -0.1) is 0 Å². The molecule has 84 valence electrons. The van der Waals surface area contributed by atoms with Crippen LogP contribution in [0.25, 0.3) is 0 Å². The predicted octanol–water partition coefficient (Wildman–Crippen LogP) is -0.0484. The summed E-state index contributed by atoms with van der Waals surface area (Å²) >= 11 is 3.11. The fraction of sp³-hybridized carbons (Fsp3) is 0.500. The van der Waals surface area contributed by atoms with Crippen molar-refractivity contribution in [3.63, 3.8) is 0 Å². The Bertz CT molecular complexity index is 368. The molecule has 0 fully saturated rings. The maximum absolute atomic E-state index is 11.1. The molecule has 1 heterocycles. The first-order chi connectivity index (χ1) is 7.15. The van der Waals surface area contributed by atoms with Crippen LogP contribution in [0.2, 0.25) is 0 Å². The lowest BCUT2D eigenvalue weighted by Gasteiger charge is -2.11. The normalized spacial score (nSPS) is 12.5. The average molecular weight is 278 g/mol. The Hall–Kier alpha value is -0.920. The third-order valence-corrected chi connectivity index (χ3v) is 2.47. The number of hydrogen-bond acceptors (Lipinski definition) is 5. The third-order valence-electron chi connectivity index (χ3n) is 1.68. The van der Waals surface area contributed by atoms with E-state index < -0.39 is 6.10 Å². The van der Waals surface area contributed by atoms with E-state index in [1.807, 2.05) is 0 Å². The molecule has 0 aliphatic rings. The Morgan fingerprint density at radius 1 is 1.80 bits per heavy atom. The third kappa shape index (κ3) is 3.61. The Kier molecular flexibility index (Phi) is 4.73. The minimum absolute atomic E-state index is 0.237. The van der Waals surface area contributed by atoms with Gasteiger partial charge in [-0.25, -0.2) is 5.10 Å². The number of nitrogens with zero attached hydrogens (tertiary/aromatic N) is 1. The number of aliphatic hydroxyl groups excluding tert-OH is 1. The van der Waals surface area contributed by atoms with Gasteiger partial charge in [0.25, 0.3) is 5.56 Å². The quantitative estimate of drug-likeness (QED) is 0.703. The fourth-order valence-corrected chi connectivity index (χ4v) is 1.32. The molecule has 15 heavy (non-hydrogen) atoms. The van der Waals surface area contributed by atoms with Crippen molar-refractivity contribution in [3.05, 3.63) is 21.0 Å². The van der Waals surface area contributed by atoms with Crippen LogP contribution in [0.3, 0.4) is 0 Å². The molecule has 1 rings (SSSR count). The number of aromatic nitrogens is 2. The van der Waals surface area contributed by atoms with E-state index in [0.29, 0.717) is 10.2 Å². The van der Waals surface area contributed by atoms with E-state index in [-0.39, 0.29) is 18.7 Å². The van der Waals surface area contributed by atoms with E-state index in [1.165, 1.54) is 13.3 Å². The first-order valence-electron chi connectivity index (χ1n) is 4.29. The molecule has 0 saturated heterocycles. The summed E-state index contributed by atoms with van der Waals surface area (Å²) in [6.45, 7) is 0.527. The van der Waals surface area contributed by atoms with Crippen molar-refractivity contribution in [2.75, 3.05) is 25.6 Å². The van der Waals surface area contributed by atoms with Gasteiger partial charge in [-0.3, -0.25) is 4.79 Å². The van der Waals surface area contributed by atoms with E-state index in [9.17, 15) is 9.90 Å². The molecular weight excluding hydrogens is 266 g/mol. The standard InChI is InChI=1S/C8H12BrN3O3/c1-15-4-5(13)2-10-6-3-11-12-8(14)7(6)9/h3,5,13H,2,4H2,1H3,(H2,10,12,14). The molecule has 1 aromatic heterocycles. The highest BCUT2D eigenvalue weighted by Crippen LogP contribution is 2.14. The van der Waals surface area contributed by atoms with Crippen LogP contribution in [0.5, 0.6) is 0 Å². The van der Waals surface area contributed by atoms with Gasteiger partial charge in [0.2, 0.25) is 0 Å². The highest BCUT2D eigenvalue weighted by molar-refractivity contribution is 9.10. The summed E-state index contributed by atoms with van der Waals surface area (Å²) in [7, 11) is 1.51. The van der Waals surface area contributed by atoms with Crippen LogP contribution in [0, 0.1) is 0 Å². The predicted molar refractivity (Wildman–Crippen MR) is 58.9 cm³/mol. The van der Waals surface area contributed by atoms with Crippen molar-refractivity contribution in [2.45, 2.75) is 6.10 Å². The number of aliphatic hydroxyl groups is 1. The second kappa shape index (κ2) is 5.84. The number of rotatable bonds is 5. The molecule has 0 saturated carbocycles. The topological polar surface area (TPSA) is 87.2 Å². The molecule has 0 spiro atoms. The monoisotopic (exact) mass is 277 g/mol. The van der Waals surface area contributed by atoms with Gasteiger partial charge in [0.15, 0.2) is 0 Å². The lowest BCUT2D eigenvalue weighted by molar-refractivity contribution is 0.0727. The summed E-state index contributed by atoms with van der Waals surface area (Å²) in [6, 6.07) is 0. The first kappa shape index (κ1) is 12.2. The van der Waals surface area contributed by atoms with Gasteiger partial charge in [-0.05, 0) is 15.9 Å². The van der Waals surface area contributed by atoms with Gasteiger partial charge < -0.3 is 15.2 Å². The van der Waals surface area contributed by atoms with Crippen LogP contribution in [-0.4, -0.2) is 41.7 Å². The van der Waals surface area contributed by atoms with Gasteiger partial charge in [-0.2, -0.15) is 5.10 Å². The minimum Gasteiger partial charge on any atom is -0.389 e. The number of ether oxygens (including phenoxy) is 1. The van der Waals surface area contributed by atoms with Crippen molar-refractivity contribution in [1.29, 1.82) is 0 Å². The number of H-pyrrole nitrogens is 1. The lowest BCUT2D eigenvalue weighted by Crippen LogP contribution is -2.25. The van der Waals surface area contributed by atoms with Gasteiger partial charge in [0.05, 0.1) is 24.6 Å². The van der Waals surface area contributed by atoms with E-state index in [0.717, 1.165) is 0 Å². The smallest absolute Gasteiger partial charge is 0.280 e. The van der Waals surface area contributed by atoms with E-state index in [2.05, 4.69) is 31.4 Å². The molecule has 0 aliphatic heterocycles. The van der Waals surface area contributed by atoms with Crippen LogP contribution >= 0.6 is 15.9 Å². The van der Waals surface area contributed by atoms with Gasteiger partial charge in [0, 0.05) is 13.7 Å².